The quantitative estimate of drug-likeness (QED) is 0.848. The van der Waals surface area contributed by atoms with Crippen LogP contribution >= 0.6 is 0 Å². The van der Waals surface area contributed by atoms with Gasteiger partial charge < -0.3 is 15.1 Å². The molecular formula is C12H21N5. The van der Waals surface area contributed by atoms with Gasteiger partial charge in [0, 0.05) is 38.3 Å². The molecule has 5 heteroatoms. The molecule has 17 heavy (non-hydrogen) atoms. The lowest BCUT2D eigenvalue weighted by atomic mass is 10.2. The number of piperazine rings is 1. The highest BCUT2D eigenvalue weighted by Crippen LogP contribution is 2.19. The number of anilines is 2. The van der Waals surface area contributed by atoms with Crippen LogP contribution in [0.1, 0.15) is 13.8 Å². The number of nitrogens with one attached hydrogen (secondary N) is 1. The molecule has 1 aliphatic rings. The van der Waals surface area contributed by atoms with Crippen LogP contribution in [0.2, 0.25) is 0 Å². The van der Waals surface area contributed by atoms with Crippen LogP contribution in [-0.2, 0) is 0 Å². The molecular weight excluding hydrogens is 214 g/mol. The number of hydrogen-bond acceptors (Lipinski definition) is 5. The molecule has 0 bridgehead atoms. The van der Waals surface area contributed by atoms with Gasteiger partial charge in [-0.05, 0) is 20.9 Å². The molecule has 1 aliphatic heterocycles. The van der Waals surface area contributed by atoms with Crippen LogP contribution in [0.4, 0.5) is 11.6 Å². The second-order valence-electron chi connectivity index (χ2n) is 4.60. The summed E-state index contributed by atoms with van der Waals surface area (Å²) in [4.78, 5) is 13.3. The van der Waals surface area contributed by atoms with Crippen LogP contribution in [0.3, 0.4) is 0 Å². The minimum absolute atomic E-state index is 0.498. The van der Waals surface area contributed by atoms with Gasteiger partial charge in [0.15, 0.2) is 0 Å². The lowest BCUT2D eigenvalue weighted by Crippen LogP contribution is -2.50. The molecule has 1 unspecified atom stereocenters. The van der Waals surface area contributed by atoms with E-state index in [0.717, 1.165) is 37.8 Å². The lowest BCUT2D eigenvalue weighted by molar-refractivity contribution is 0.274. The third-order valence-corrected chi connectivity index (χ3v) is 3.14. The first-order chi connectivity index (χ1) is 8.20. The highest BCUT2D eigenvalue weighted by Gasteiger charge is 2.22. The zero-order valence-electron chi connectivity index (χ0n) is 10.8. The van der Waals surface area contributed by atoms with E-state index in [1.54, 1.807) is 6.33 Å². The van der Waals surface area contributed by atoms with Crippen LogP contribution in [-0.4, -0.2) is 54.1 Å². The van der Waals surface area contributed by atoms with Crippen molar-refractivity contribution in [3.8, 4) is 0 Å². The molecule has 1 fully saturated rings. The molecule has 0 saturated carbocycles. The number of hydrogen-bond donors (Lipinski definition) is 1. The number of likely N-dealkylation sites (N-methyl/N-ethyl adjacent to an activating group) is 1. The maximum absolute atomic E-state index is 4.38. The van der Waals surface area contributed by atoms with E-state index in [4.69, 9.17) is 0 Å². The largest absolute Gasteiger partial charge is 0.370 e. The summed E-state index contributed by atoms with van der Waals surface area (Å²) in [5, 5.41) is 3.22. The molecule has 1 N–H and O–H groups in total. The Morgan fingerprint density at radius 1 is 1.41 bits per heavy atom. The highest BCUT2D eigenvalue weighted by molar-refractivity contribution is 5.49. The monoisotopic (exact) mass is 235 g/mol. The molecule has 1 saturated heterocycles. The van der Waals surface area contributed by atoms with Crippen molar-refractivity contribution in [3.05, 3.63) is 12.4 Å². The molecule has 0 spiro atoms. The van der Waals surface area contributed by atoms with Crippen molar-refractivity contribution in [3.63, 3.8) is 0 Å². The van der Waals surface area contributed by atoms with Gasteiger partial charge in [-0.3, -0.25) is 0 Å². The minimum atomic E-state index is 0.498. The summed E-state index contributed by atoms with van der Waals surface area (Å²) >= 11 is 0. The SMILES string of the molecule is CCNc1cc(N2CCN(C)CC2C)ncn1. The number of nitrogens with zero attached hydrogens (tertiary/aromatic N) is 4. The first kappa shape index (κ1) is 12.1. The summed E-state index contributed by atoms with van der Waals surface area (Å²) in [6.07, 6.45) is 1.64. The highest BCUT2D eigenvalue weighted by atomic mass is 15.3. The lowest BCUT2D eigenvalue weighted by Gasteiger charge is -2.39. The van der Waals surface area contributed by atoms with Gasteiger partial charge in [-0.2, -0.15) is 0 Å². The molecule has 1 aromatic heterocycles. The average Bonchev–Trinajstić information content (AvgIpc) is 2.29. The summed E-state index contributed by atoms with van der Waals surface area (Å²) in [5.74, 6) is 1.93. The average molecular weight is 235 g/mol. The Kier molecular flexibility index (Phi) is 3.78. The van der Waals surface area contributed by atoms with Gasteiger partial charge in [-0.25, -0.2) is 9.97 Å². The number of aromatic nitrogens is 2. The van der Waals surface area contributed by atoms with Crippen molar-refractivity contribution in [1.29, 1.82) is 0 Å². The Morgan fingerprint density at radius 3 is 2.94 bits per heavy atom. The fourth-order valence-corrected chi connectivity index (χ4v) is 2.26. The fourth-order valence-electron chi connectivity index (χ4n) is 2.26. The maximum atomic E-state index is 4.38. The Hall–Kier alpha value is -1.36. The van der Waals surface area contributed by atoms with Gasteiger partial charge in [0.25, 0.3) is 0 Å². The van der Waals surface area contributed by atoms with Gasteiger partial charge in [-0.15, -0.1) is 0 Å². The van der Waals surface area contributed by atoms with Gasteiger partial charge in [0.1, 0.15) is 18.0 Å². The Balaban J connectivity index is 2.13. The minimum Gasteiger partial charge on any atom is -0.370 e. The first-order valence-corrected chi connectivity index (χ1v) is 6.21. The molecule has 5 nitrogen and oxygen atoms in total. The molecule has 0 aromatic carbocycles. The van der Waals surface area contributed by atoms with Crippen molar-refractivity contribution in [2.45, 2.75) is 19.9 Å². The summed E-state index contributed by atoms with van der Waals surface area (Å²) in [6, 6.07) is 2.53. The van der Waals surface area contributed by atoms with E-state index < -0.39 is 0 Å². The van der Waals surface area contributed by atoms with Gasteiger partial charge in [-0.1, -0.05) is 0 Å². The second-order valence-corrected chi connectivity index (χ2v) is 4.60. The maximum Gasteiger partial charge on any atom is 0.134 e. The van der Waals surface area contributed by atoms with Crippen molar-refractivity contribution >= 4 is 11.6 Å². The number of rotatable bonds is 3. The van der Waals surface area contributed by atoms with Crippen molar-refractivity contribution in [2.75, 3.05) is 43.4 Å². The summed E-state index contributed by atoms with van der Waals surface area (Å²) in [5.41, 5.74) is 0. The van der Waals surface area contributed by atoms with E-state index in [-0.39, 0.29) is 0 Å². The topological polar surface area (TPSA) is 44.3 Å². The predicted octanol–water partition coefficient (Wildman–Crippen LogP) is 1.05. The third kappa shape index (κ3) is 2.85. The Bertz CT molecular complexity index is 368. The van der Waals surface area contributed by atoms with E-state index >= 15 is 0 Å². The van der Waals surface area contributed by atoms with Gasteiger partial charge in [0.05, 0.1) is 0 Å². The zero-order valence-corrected chi connectivity index (χ0v) is 10.8. The van der Waals surface area contributed by atoms with Crippen LogP contribution in [0.5, 0.6) is 0 Å². The van der Waals surface area contributed by atoms with Crippen LogP contribution in [0, 0.1) is 0 Å². The van der Waals surface area contributed by atoms with Crippen molar-refractivity contribution < 1.29 is 0 Å². The standard InChI is InChI=1S/C12H21N5/c1-4-13-11-7-12(15-9-14-11)17-6-5-16(3)8-10(17)2/h7,9-10H,4-6,8H2,1-3H3,(H,13,14,15). The summed E-state index contributed by atoms with van der Waals surface area (Å²) < 4.78 is 0. The van der Waals surface area contributed by atoms with E-state index in [9.17, 15) is 0 Å². The first-order valence-electron chi connectivity index (χ1n) is 6.21. The van der Waals surface area contributed by atoms with Crippen LogP contribution in [0.15, 0.2) is 12.4 Å². The Labute approximate surface area is 103 Å². The predicted molar refractivity (Wildman–Crippen MR) is 70.5 cm³/mol. The second kappa shape index (κ2) is 5.31. The molecule has 0 amide bonds. The molecule has 94 valence electrons. The smallest absolute Gasteiger partial charge is 0.134 e. The molecule has 1 atom stereocenters. The van der Waals surface area contributed by atoms with Gasteiger partial charge >= 0.3 is 0 Å². The fraction of sp³-hybridized carbons (Fsp3) is 0.667. The molecule has 1 aromatic rings. The van der Waals surface area contributed by atoms with E-state index in [0.29, 0.717) is 6.04 Å². The normalized spacial score (nSPS) is 21.6. The van der Waals surface area contributed by atoms with Crippen LogP contribution < -0.4 is 10.2 Å². The van der Waals surface area contributed by atoms with Crippen molar-refractivity contribution in [2.24, 2.45) is 0 Å². The summed E-state index contributed by atoms with van der Waals surface area (Å²) in [7, 11) is 2.16. The van der Waals surface area contributed by atoms with E-state index in [2.05, 4.69) is 46.0 Å². The van der Waals surface area contributed by atoms with E-state index in [1.807, 2.05) is 6.07 Å². The van der Waals surface area contributed by atoms with Crippen molar-refractivity contribution in [1.82, 2.24) is 14.9 Å². The molecule has 2 heterocycles. The molecule has 2 rings (SSSR count). The third-order valence-electron chi connectivity index (χ3n) is 3.14. The van der Waals surface area contributed by atoms with Crippen LogP contribution in [0.25, 0.3) is 0 Å². The summed E-state index contributed by atoms with van der Waals surface area (Å²) in [6.45, 7) is 8.39. The Morgan fingerprint density at radius 2 is 2.24 bits per heavy atom. The zero-order chi connectivity index (χ0) is 12.3. The van der Waals surface area contributed by atoms with Gasteiger partial charge in [0.2, 0.25) is 0 Å². The molecule has 0 radical (unpaired) electrons. The molecule has 0 aliphatic carbocycles. The van der Waals surface area contributed by atoms with E-state index in [1.165, 1.54) is 0 Å².